The molecule has 4 aromatic rings. The predicted octanol–water partition coefficient (Wildman–Crippen LogP) is 3.56. The van der Waals surface area contributed by atoms with Crippen molar-refractivity contribution >= 4 is 28.5 Å². The number of pyridine rings is 1. The first-order valence-electron chi connectivity index (χ1n) is 9.81. The van der Waals surface area contributed by atoms with Crippen LogP contribution >= 0.6 is 0 Å². The van der Waals surface area contributed by atoms with Gasteiger partial charge in [0.25, 0.3) is 0 Å². The Labute approximate surface area is 169 Å². The van der Waals surface area contributed by atoms with E-state index in [1.807, 2.05) is 54.7 Å². The minimum absolute atomic E-state index is 0.584. The van der Waals surface area contributed by atoms with Crippen LogP contribution in [0.2, 0.25) is 0 Å². The number of aromatic nitrogens is 3. The minimum atomic E-state index is 0.584. The molecule has 7 heteroatoms. The van der Waals surface area contributed by atoms with Crippen LogP contribution in [0.5, 0.6) is 0 Å². The topological polar surface area (TPSA) is 70.3 Å². The smallest absolute Gasteiger partial charge is 0.228 e. The lowest BCUT2D eigenvalue weighted by atomic mass is 10.2. The molecular formula is C22H22N6O. The summed E-state index contributed by atoms with van der Waals surface area (Å²) in [5.74, 6) is 3.48. The first-order chi connectivity index (χ1) is 14.4. The number of hydrogen-bond donors (Lipinski definition) is 1. The zero-order chi connectivity index (χ0) is 19.5. The van der Waals surface area contributed by atoms with Crippen molar-refractivity contribution in [3.8, 4) is 0 Å². The van der Waals surface area contributed by atoms with E-state index in [0.29, 0.717) is 6.54 Å². The van der Waals surface area contributed by atoms with E-state index >= 15 is 0 Å². The normalized spacial score (nSPS) is 14.3. The van der Waals surface area contributed by atoms with Crippen LogP contribution in [0.3, 0.4) is 0 Å². The van der Waals surface area contributed by atoms with Gasteiger partial charge in [-0.2, -0.15) is 4.98 Å². The van der Waals surface area contributed by atoms with Crippen molar-refractivity contribution < 1.29 is 4.42 Å². The van der Waals surface area contributed by atoms with E-state index in [1.165, 1.54) is 0 Å². The van der Waals surface area contributed by atoms with Gasteiger partial charge >= 0.3 is 0 Å². The summed E-state index contributed by atoms with van der Waals surface area (Å²) >= 11 is 0. The van der Waals surface area contributed by atoms with Gasteiger partial charge in [0.05, 0.1) is 18.3 Å². The number of nitrogens with one attached hydrogen (secondary N) is 1. The fourth-order valence-electron chi connectivity index (χ4n) is 3.60. The van der Waals surface area contributed by atoms with E-state index in [2.05, 4.69) is 26.2 Å². The molecule has 7 nitrogen and oxygen atoms in total. The zero-order valence-electron chi connectivity index (χ0n) is 16.0. The van der Waals surface area contributed by atoms with Crippen LogP contribution in [0.1, 0.15) is 5.76 Å². The molecule has 0 radical (unpaired) electrons. The number of rotatable bonds is 5. The molecule has 1 saturated heterocycles. The van der Waals surface area contributed by atoms with Crippen molar-refractivity contribution in [2.45, 2.75) is 6.54 Å². The number of para-hydroxylation sites is 1. The maximum atomic E-state index is 5.44. The van der Waals surface area contributed by atoms with Gasteiger partial charge in [-0.3, -0.25) is 0 Å². The highest BCUT2D eigenvalue weighted by Crippen LogP contribution is 2.25. The van der Waals surface area contributed by atoms with Crippen molar-refractivity contribution in [1.82, 2.24) is 15.0 Å². The Kier molecular flexibility index (Phi) is 4.70. The summed E-state index contributed by atoms with van der Waals surface area (Å²) < 4.78 is 5.44. The average Bonchev–Trinajstić information content (AvgIpc) is 3.32. The van der Waals surface area contributed by atoms with Crippen LogP contribution in [0.4, 0.5) is 17.6 Å². The molecule has 146 valence electrons. The lowest BCUT2D eigenvalue weighted by Gasteiger charge is -2.35. The summed E-state index contributed by atoms with van der Waals surface area (Å²) in [5, 5.41) is 4.42. The second-order valence-electron chi connectivity index (χ2n) is 6.98. The molecular weight excluding hydrogens is 364 g/mol. The van der Waals surface area contributed by atoms with E-state index in [-0.39, 0.29) is 0 Å². The number of hydrogen-bond acceptors (Lipinski definition) is 7. The van der Waals surface area contributed by atoms with Gasteiger partial charge in [0.2, 0.25) is 5.95 Å². The predicted molar refractivity (Wildman–Crippen MR) is 114 cm³/mol. The van der Waals surface area contributed by atoms with Crippen LogP contribution in [0, 0.1) is 0 Å². The fourth-order valence-corrected chi connectivity index (χ4v) is 3.60. The van der Waals surface area contributed by atoms with Crippen LogP contribution in [0.15, 0.2) is 71.5 Å². The first kappa shape index (κ1) is 17.5. The maximum absolute atomic E-state index is 5.44. The second-order valence-corrected chi connectivity index (χ2v) is 6.98. The van der Waals surface area contributed by atoms with Gasteiger partial charge in [-0.15, -0.1) is 0 Å². The van der Waals surface area contributed by atoms with E-state index < -0.39 is 0 Å². The molecule has 4 heterocycles. The molecule has 0 amide bonds. The number of nitrogens with zero attached hydrogens (tertiary/aromatic N) is 5. The molecule has 1 aliphatic heterocycles. The quantitative estimate of drug-likeness (QED) is 0.562. The minimum Gasteiger partial charge on any atom is -0.467 e. The van der Waals surface area contributed by atoms with Crippen LogP contribution in [-0.4, -0.2) is 41.1 Å². The molecule has 1 aliphatic rings. The number of piperazine rings is 1. The monoisotopic (exact) mass is 386 g/mol. The molecule has 0 spiro atoms. The Morgan fingerprint density at radius 1 is 0.862 bits per heavy atom. The number of anilines is 3. The zero-order valence-corrected chi connectivity index (χ0v) is 16.0. The first-order valence-corrected chi connectivity index (χ1v) is 9.81. The summed E-state index contributed by atoms with van der Waals surface area (Å²) in [4.78, 5) is 18.7. The Hall–Kier alpha value is -3.61. The maximum Gasteiger partial charge on any atom is 0.228 e. The van der Waals surface area contributed by atoms with Gasteiger partial charge in [0, 0.05) is 37.8 Å². The number of benzene rings is 1. The molecule has 29 heavy (non-hydrogen) atoms. The Bertz CT molecular complexity index is 1080. The van der Waals surface area contributed by atoms with Crippen molar-refractivity contribution in [3.63, 3.8) is 0 Å². The molecule has 0 bridgehead atoms. The van der Waals surface area contributed by atoms with Gasteiger partial charge < -0.3 is 19.5 Å². The molecule has 0 unspecified atom stereocenters. The molecule has 0 aliphatic carbocycles. The highest BCUT2D eigenvalue weighted by atomic mass is 16.3. The molecule has 0 atom stereocenters. The third kappa shape index (κ3) is 3.71. The van der Waals surface area contributed by atoms with E-state index in [4.69, 9.17) is 14.4 Å². The van der Waals surface area contributed by atoms with E-state index in [0.717, 1.165) is 60.4 Å². The van der Waals surface area contributed by atoms with Gasteiger partial charge in [-0.05, 0) is 36.4 Å². The standard InChI is InChI=1S/C22H22N6O/c1-2-8-19-18(7-1)21(24-16-17-6-5-15-29-17)26-22(25-19)28-13-11-27(12-14-28)20-9-3-4-10-23-20/h1-10,15H,11-14,16H2,(H,24,25,26). The number of furan rings is 1. The molecule has 1 N–H and O–H groups in total. The SMILES string of the molecule is c1ccc(N2CCN(c3nc(NCc4ccco4)c4ccccc4n3)CC2)nc1. The lowest BCUT2D eigenvalue weighted by Crippen LogP contribution is -2.47. The third-order valence-corrected chi connectivity index (χ3v) is 5.14. The van der Waals surface area contributed by atoms with Gasteiger partial charge in [-0.1, -0.05) is 18.2 Å². The van der Waals surface area contributed by atoms with Crippen molar-refractivity contribution in [3.05, 3.63) is 72.8 Å². The number of fused-ring (bicyclic) bond motifs is 1. The molecule has 1 aromatic carbocycles. The highest BCUT2D eigenvalue weighted by molar-refractivity contribution is 5.90. The van der Waals surface area contributed by atoms with E-state index in [1.54, 1.807) is 6.26 Å². The Morgan fingerprint density at radius 2 is 1.69 bits per heavy atom. The van der Waals surface area contributed by atoms with Crippen LogP contribution in [-0.2, 0) is 6.54 Å². The largest absolute Gasteiger partial charge is 0.467 e. The summed E-state index contributed by atoms with van der Waals surface area (Å²) in [7, 11) is 0. The summed E-state index contributed by atoms with van der Waals surface area (Å²) in [6.07, 6.45) is 3.52. The average molecular weight is 386 g/mol. The molecule has 0 saturated carbocycles. The summed E-state index contributed by atoms with van der Waals surface area (Å²) in [6.45, 7) is 4.07. The third-order valence-electron chi connectivity index (χ3n) is 5.14. The highest BCUT2D eigenvalue weighted by Gasteiger charge is 2.21. The second kappa shape index (κ2) is 7.79. The van der Waals surface area contributed by atoms with Crippen LogP contribution < -0.4 is 15.1 Å². The van der Waals surface area contributed by atoms with Gasteiger partial charge in [0.15, 0.2) is 0 Å². The molecule has 3 aromatic heterocycles. The van der Waals surface area contributed by atoms with Crippen molar-refractivity contribution in [2.24, 2.45) is 0 Å². The fraction of sp³-hybridized carbons (Fsp3) is 0.227. The summed E-state index contributed by atoms with van der Waals surface area (Å²) in [6, 6.07) is 18.0. The molecule has 5 rings (SSSR count). The van der Waals surface area contributed by atoms with Gasteiger partial charge in [-0.25, -0.2) is 9.97 Å². The van der Waals surface area contributed by atoms with Crippen molar-refractivity contribution in [1.29, 1.82) is 0 Å². The van der Waals surface area contributed by atoms with Gasteiger partial charge in [0.1, 0.15) is 17.4 Å². The van der Waals surface area contributed by atoms with Crippen LogP contribution in [0.25, 0.3) is 10.9 Å². The van der Waals surface area contributed by atoms with E-state index in [9.17, 15) is 0 Å². The summed E-state index contributed by atoms with van der Waals surface area (Å²) in [5.41, 5.74) is 0.937. The van der Waals surface area contributed by atoms with Crippen molar-refractivity contribution in [2.75, 3.05) is 41.3 Å². The lowest BCUT2D eigenvalue weighted by molar-refractivity contribution is 0.518. The Morgan fingerprint density at radius 3 is 2.48 bits per heavy atom. The Balaban J connectivity index is 1.37. The molecule has 1 fully saturated rings.